The van der Waals surface area contributed by atoms with Crippen LogP contribution in [0.3, 0.4) is 0 Å². The van der Waals surface area contributed by atoms with Crippen LogP contribution in [-0.4, -0.2) is 9.97 Å². The third-order valence-electron chi connectivity index (χ3n) is 9.59. The summed E-state index contributed by atoms with van der Waals surface area (Å²) in [5.74, 6) is 0.735. The highest BCUT2D eigenvalue weighted by atomic mass is 14.9. The molecule has 0 atom stereocenters. The Morgan fingerprint density at radius 2 is 0.870 bits per heavy atom. The van der Waals surface area contributed by atoms with Crippen molar-refractivity contribution in [3.63, 3.8) is 0 Å². The lowest BCUT2D eigenvalue weighted by Crippen LogP contribution is -1.97. The Bertz CT molecular complexity index is 2610. The molecule has 0 N–H and O–H groups in total. The van der Waals surface area contributed by atoms with Gasteiger partial charge in [-0.2, -0.15) is 0 Å². The summed E-state index contributed by atoms with van der Waals surface area (Å²) in [4.78, 5) is 10.6. The van der Waals surface area contributed by atoms with Crippen molar-refractivity contribution in [3.05, 3.63) is 158 Å². The van der Waals surface area contributed by atoms with Gasteiger partial charge in [-0.05, 0) is 89.6 Å². The van der Waals surface area contributed by atoms with Crippen LogP contribution < -0.4 is 0 Å². The second-order valence-corrected chi connectivity index (χ2v) is 12.2. The molecule has 0 fully saturated rings. The van der Waals surface area contributed by atoms with Crippen LogP contribution in [0.25, 0.3) is 99.2 Å². The molecule has 0 bridgehead atoms. The SMILES string of the molecule is c1ccc2cc(-c3cc(-c4ccc5ccccc5c4)nc(-c4ccc5c6c(cccc46)-c4c-5ccc5ccccc45)n3)ccc2c1. The maximum Gasteiger partial charge on any atom is 0.161 e. The number of nitrogens with zero attached hydrogens (tertiary/aromatic N) is 2. The maximum atomic E-state index is 5.29. The maximum absolute atomic E-state index is 5.29. The zero-order valence-electron chi connectivity index (χ0n) is 24.9. The Kier molecular flexibility index (Phi) is 5.31. The van der Waals surface area contributed by atoms with Gasteiger partial charge in [0.15, 0.2) is 5.82 Å². The zero-order valence-corrected chi connectivity index (χ0v) is 24.9. The van der Waals surface area contributed by atoms with Gasteiger partial charge in [0.05, 0.1) is 11.4 Å². The molecule has 0 saturated heterocycles. The van der Waals surface area contributed by atoms with Crippen molar-refractivity contribution in [2.45, 2.75) is 0 Å². The van der Waals surface area contributed by atoms with E-state index < -0.39 is 0 Å². The smallest absolute Gasteiger partial charge is 0.161 e. The zero-order chi connectivity index (χ0) is 30.2. The van der Waals surface area contributed by atoms with E-state index in [0.29, 0.717) is 0 Å². The number of aromatic nitrogens is 2. The molecule has 0 aliphatic heterocycles. The van der Waals surface area contributed by atoms with Crippen molar-refractivity contribution in [2.75, 3.05) is 0 Å². The Hall–Kier alpha value is -6.12. The lowest BCUT2D eigenvalue weighted by atomic mass is 9.96. The molecule has 46 heavy (non-hydrogen) atoms. The number of hydrogen-bond acceptors (Lipinski definition) is 2. The van der Waals surface area contributed by atoms with Crippen LogP contribution in [0.5, 0.6) is 0 Å². The molecule has 0 amide bonds. The second-order valence-electron chi connectivity index (χ2n) is 12.2. The highest BCUT2D eigenvalue weighted by Gasteiger charge is 2.25. The fourth-order valence-electron chi connectivity index (χ4n) is 7.38. The van der Waals surface area contributed by atoms with Gasteiger partial charge in [-0.15, -0.1) is 0 Å². The molecule has 9 aromatic rings. The Morgan fingerprint density at radius 3 is 1.57 bits per heavy atom. The minimum Gasteiger partial charge on any atom is -0.228 e. The lowest BCUT2D eigenvalue weighted by Gasteiger charge is -2.13. The van der Waals surface area contributed by atoms with E-state index in [0.717, 1.165) is 33.9 Å². The van der Waals surface area contributed by atoms with E-state index in [2.05, 4.69) is 158 Å². The summed E-state index contributed by atoms with van der Waals surface area (Å²) in [6, 6.07) is 56.7. The molecule has 0 radical (unpaired) electrons. The molecule has 1 heterocycles. The van der Waals surface area contributed by atoms with E-state index in [-0.39, 0.29) is 0 Å². The summed E-state index contributed by atoms with van der Waals surface area (Å²) in [5.41, 5.74) is 10.2. The van der Waals surface area contributed by atoms with Crippen molar-refractivity contribution in [3.8, 4) is 56.2 Å². The Balaban J connectivity index is 1.22. The summed E-state index contributed by atoms with van der Waals surface area (Å²) in [6.07, 6.45) is 0. The Morgan fingerprint density at radius 1 is 0.326 bits per heavy atom. The lowest BCUT2D eigenvalue weighted by molar-refractivity contribution is 1.19. The average Bonchev–Trinajstić information content (AvgIpc) is 3.46. The van der Waals surface area contributed by atoms with Crippen LogP contribution in [0.15, 0.2) is 158 Å². The van der Waals surface area contributed by atoms with E-state index in [1.54, 1.807) is 0 Å². The van der Waals surface area contributed by atoms with Gasteiger partial charge in [0.1, 0.15) is 0 Å². The fraction of sp³-hybridized carbons (Fsp3) is 0. The summed E-state index contributed by atoms with van der Waals surface area (Å²) in [7, 11) is 0. The van der Waals surface area contributed by atoms with Gasteiger partial charge >= 0.3 is 0 Å². The fourth-order valence-corrected chi connectivity index (χ4v) is 7.38. The molecule has 1 aromatic heterocycles. The van der Waals surface area contributed by atoms with Crippen molar-refractivity contribution in [1.82, 2.24) is 9.97 Å². The van der Waals surface area contributed by atoms with Gasteiger partial charge < -0.3 is 0 Å². The molecule has 212 valence electrons. The molecule has 0 unspecified atom stereocenters. The van der Waals surface area contributed by atoms with E-state index in [1.807, 2.05) is 0 Å². The molecule has 2 heteroatoms. The monoisotopic (exact) mass is 582 g/mol. The van der Waals surface area contributed by atoms with Crippen molar-refractivity contribution in [2.24, 2.45) is 0 Å². The first-order chi connectivity index (χ1) is 22.8. The molecule has 0 spiro atoms. The van der Waals surface area contributed by atoms with Gasteiger partial charge in [-0.1, -0.05) is 133 Å². The molecule has 0 saturated carbocycles. The van der Waals surface area contributed by atoms with Gasteiger partial charge in [-0.3, -0.25) is 0 Å². The second kappa shape index (κ2) is 9.69. The molecule has 1 aliphatic carbocycles. The molecule has 8 aromatic carbocycles. The van der Waals surface area contributed by atoms with E-state index in [9.17, 15) is 0 Å². The van der Waals surface area contributed by atoms with Gasteiger partial charge in [-0.25, -0.2) is 9.97 Å². The van der Waals surface area contributed by atoms with Crippen LogP contribution in [0.2, 0.25) is 0 Å². The van der Waals surface area contributed by atoms with Gasteiger partial charge in [0, 0.05) is 16.7 Å². The number of hydrogen-bond donors (Lipinski definition) is 0. The topological polar surface area (TPSA) is 25.8 Å². The van der Waals surface area contributed by atoms with Gasteiger partial charge in [0.25, 0.3) is 0 Å². The Labute approximate surface area is 266 Å². The van der Waals surface area contributed by atoms with E-state index in [1.165, 1.54) is 65.3 Å². The van der Waals surface area contributed by atoms with Gasteiger partial charge in [0.2, 0.25) is 0 Å². The largest absolute Gasteiger partial charge is 0.228 e. The van der Waals surface area contributed by atoms with Crippen LogP contribution in [0.4, 0.5) is 0 Å². The first kappa shape index (κ1) is 25.2. The standard InChI is InChI=1S/C44H26N2/c1-3-11-30-24-32(18-16-27(30)8-1)40-26-41(33-19-17-28-9-2-4-12-31(28)25-33)46-44(45-40)38-23-22-37-36-21-20-29-10-5-6-13-34(29)42(36)39-15-7-14-35(38)43(37)39/h1-26H. The van der Waals surface area contributed by atoms with Crippen molar-refractivity contribution >= 4 is 43.1 Å². The van der Waals surface area contributed by atoms with Crippen molar-refractivity contribution < 1.29 is 0 Å². The molecular formula is C44H26N2. The summed E-state index contributed by atoms with van der Waals surface area (Å²) in [5, 5.41) is 9.83. The summed E-state index contributed by atoms with van der Waals surface area (Å²) < 4.78 is 0. The number of fused-ring (bicyclic) bond motifs is 7. The van der Waals surface area contributed by atoms with Crippen LogP contribution in [0.1, 0.15) is 0 Å². The van der Waals surface area contributed by atoms with E-state index in [4.69, 9.17) is 9.97 Å². The summed E-state index contributed by atoms with van der Waals surface area (Å²) >= 11 is 0. The first-order valence-electron chi connectivity index (χ1n) is 15.7. The minimum atomic E-state index is 0.735. The van der Waals surface area contributed by atoms with Crippen molar-refractivity contribution in [1.29, 1.82) is 0 Å². The molecule has 1 aliphatic rings. The quantitative estimate of drug-likeness (QED) is 0.207. The predicted molar refractivity (Wildman–Crippen MR) is 193 cm³/mol. The average molecular weight is 583 g/mol. The minimum absolute atomic E-state index is 0.735. The van der Waals surface area contributed by atoms with E-state index >= 15 is 0 Å². The first-order valence-corrected chi connectivity index (χ1v) is 15.7. The molecular weight excluding hydrogens is 556 g/mol. The normalized spacial score (nSPS) is 11.9. The predicted octanol–water partition coefficient (Wildman–Crippen LogP) is 11.7. The van der Waals surface area contributed by atoms with Crippen LogP contribution >= 0.6 is 0 Å². The summed E-state index contributed by atoms with van der Waals surface area (Å²) in [6.45, 7) is 0. The third-order valence-corrected chi connectivity index (χ3v) is 9.59. The molecule has 2 nitrogen and oxygen atoms in total. The third kappa shape index (κ3) is 3.77. The highest BCUT2D eigenvalue weighted by Crippen LogP contribution is 2.51. The number of benzene rings is 8. The van der Waals surface area contributed by atoms with Crippen LogP contribution in [-0.2, 0) is 0 Å². The number of rotatable bonds is 3. The highest BCUT2D eigenvalue weighted by molar-refractivity contribution is 6.23. The molecule has 10 rings (SSSR count). The van der Waals surface area contributed by atoms with Crippen LogP contribution in [0, 0.1) is 0 Å².